The summed E-state index contributed by atoms with van der Waals surface area (Å²) in [6, 6.07) is 14.0. The van der Waals surface area contributed by atoms with Crippen molar-refractivity contribution in [2.45, 2.75) is 45.6 Å². The second-order valence-electron chi connectivity index (χ2n) is 6.02. The molecule has 0 radical (unpaired) electrons. The van der Waals surface area contributed by atoms with Crippen LogP contribution in [0.1, 0.15) is 45.6 Å². The van der Waals surface area contributed by atoms with Gasteiger partial charge in [0.25, 0.3) is 5.09 Å². The Bertz CT molecular complexity index is 654. The van der Waals surface area contributed by atoms with Crippen LogP contribution in [0.25, 0.3) is 10.8 Å². The second kappa shape index (κ2) is 6.77. The van der Waals surface area contributed by atoms with Gasteiger partial charge < -0.3 is 4.84 Å². The van der Waals surface area contributed by atoms with Gasteiger partial charge in [-0.3, -0.25) is 0 Å². The van der Waals surface area contributed by atoms with Crippen molar-refractivity contribution in [3.63, 3.8) is 0 Å². The molecule has 0 amide bonds. The van der Waals surface area contributed by atoms with Crippen LogP contribution in [0.3, 0.4) is 0 Å². The van der Waals surface area contributed by atoms with Gasteiger partial charge >= 0.3 is 0 Å². The number of unbranched alkanes of at least 4 members (excludes halogenated alkanes) is 1. The third kappa shape index (κ3) is 3.21. The normalized spacial score (nSPS) is 14.0. The minimum Gasteiger partial charge on any atom is -0.302 e. The fraction of sp³-hybridized carbons (Fsp3) is 0.444. The Morgan fingerprint density at radius 2 is 1.86 bits per heavy atom. The molecule has 0 aliphatic heterocycles. The minimum absolute atomic E-state index is 0.00520. The van der Waals surface area contributed by atoms with Gasteiger partial charge in [-0.2, -0.15) is 0 Å². The third-order valence-corrected chi connectivity index (χ3v) is 4.31. The van der Waals surface area contributed by atoms with Crippen LogP contribution in [0.5, 0.6) is 0 Å². The summed E-state index contributed by atoms with van der Waals surface area (Å²) in [6.45, 7) is 6.04. The van der Waals surface area contributed by atoms with Crippen molar-refractivity contribution in [3.8, 4) is 0 Å². The molecule has 0 spiro atoms. The van der Waals surface area contributed by atoms with Gasteiger partial charge in [-0.25, -0.2) is 0 Å². The molecule has 0 N–H and O–H groups in total. The number of benzene rings is 2. The van der Waals surface area contributed by atoms with E-state index in [1.807, 2.05) is 56.3 Å². The Kier molecular flexibility index (Phi) is 5.01. The van der Waals surface area contributed by atoms with Crippen LogP contribution >= 0.6 is 0 Å². The van der Waals surface area contributed by atoms with Gasteiger partial charge in [0.2, 0.25) is 0 Å². The summed E-state index contributed by atoms with van der Waals surface area (Å²) in [4.78, 5) is 16.4. The van der Waals surface area contributed by atoms with Crippen LogP contribution in [-0.4, -0.2) is 5.09 Å². The summed E-state index contributed by atoms with van der Waals surface area (Å²) < 4.78 is 0. The maximum Gasteiger partial charge on any atom is 0.295 e. The van der Waals surface area contributed by atoms with E-state index < -0.39 is 10.7 Å². The zero-order valence-corrected chi connectivity index (χ0v) is 13.4. The molecular formula is C18H23NO3. The number of fused-ring (bicyclic) bond motifs is 1. The number of rotatable bonds is 7. The monoisotopic (exact) mass is 301 g/mol. The van der Waals surface area contributed by atoms with Crippen LogP contribution in [0.15, 0.2) is 42.5 Å². The molecule has 0 aliphatic carbocycles. The van der Waals surface area contributed by atoms with Gasteiger partial charge in [0.15, 0.2) is 0 Å². The zero-order chi connectivity index (χ0) is 16.2. The van der Waals surface area contributed by atoms with E-state index in [2.05, 4.69) is 6.92 Å². The van der Waals surface area contributed by atoms with Crippen LogP contribution in [-0.2, 0) is 10.4 Å². The Labute approximate surface area is 131 Å². The van der Waals surface area contributed by atoms with Gasteiger partial charge in [-0.05, 0) is 34.7 Å². The summed E-state index contributed by atoms with van der Waals surface area (Å²) in [5.74, 6) is 0.00520. The van der Waals surface area contributed by atoms with Gasteiger partial charge in [-0.15, -0.1) is 10.1 Å². The predicted molar refractivity (Wildman–Crippen MR) is 88.1 cm³/mol. The summed E-state index contributed by atoms with van der Waals surface area (Å²) in [5, 5.41) is 12.7. The quantitative estimate of drug-likeness (QED) is 0.528. The number of hydrogen-bond acceptors (Lipinski definition) is 3. The molecule has 2 aromatic carbocycles. The van der Waals surface area contributed by atoms with Gasteiger partial charge in [0.05, 0.1) is 0 Å². The molecule has 118 valence electrons. The molecule has 0 heterocycles. The van der Waals surface area contributed by atoms with Crippen molar-refractivity contribution in [1.29, 1.82) is 0 Å². The second-order valence-corrected chi connectivity index (χ2v) is 6.02. The lowest BCUT2D eigenvalue weighted by atomic mass is 9.79. The molecule has 0 aliphatic rings. The zero-order valence-electron chi connectivity index (χ0n) is 13.4. The van der Waals surface area contributed by atoms with Crippen LogP contribution in [0.2, 0.25) is 0 Å². The highest BCUT2D eigenvalue weighted by atomic mass is 17.0. The predicted octanol–water partition coefficient (Wildman–Crippen LogP) is 5.09. The van der Waals surface area contributed by atoms with E-state index in [-0.39, 0.29) is 5.92 Å². The molecule has 4 heteroatoms. The average molecular weight is 301 g/mol. The average Bonchev–Trinajstić information content (AvgIpc) is 2.50. The molecular weight excluding hydrogens is 278 g/mol. The molecule has 0 aromatic heterocycles. The van der Waals surface area contributed by atoms with Gasteiger partial charge in [0, 0.05) is 0 Å². The van der Waals surface area contributed by atoms with Crippen molar-refractivity contribution in [3.05, 3.63) is 58.1 Å². The Morgan fingerprint density at radius 3 is 2.45 bits per heavy atom. The van der Waals surface area contributed by atoms with Gasteiger partial charge in [-0.1, -0.05) is 70.0 Å². The Balaban J connectivity index is 2.54. The summed E-state index contributed by atoms with van der Waals surface area (Å²) >= 11 is 0. The summed E-state index contributed by atoms with van der Waals surface area (Å²) in [6.07, 6.45) is 2.50. The molecule has 4 nitrogen and oxygen atoms in total. The van der Waals surface area contributed by atoms with Crippen LogP contribution in [0.4, 0.5) is 0 Å². The van der Waals surface area contributed by atoms with Crippen molar-refractivity contribution >= 4 is 10.8 Å². The lowest BCUT2D eigenvalue weighted by Crippen LogP contribution is -2.37. The molecule has 22 heavy (non-hydrogen) atoms. The molecule has 0 bridgehead atoms. The topological polar surface area (TPSA) is 52.4 Å². The van der Waals surface area contributed by atoms with Crippen molar-refractivity contribution < 1.29 is 9.92 Å². The first-order valence-corrected chi connectivity index (χ1v) is 7.82. The number of hydrogen-bond donors (Lipinski definition) is 0. The Morgan fingerprint density at radius 1 is 1.18 bits per heavy atom. The highest BCUT2D eigenvalue weighted by molar-refractivity contribution is 5.83. The molecule has 2 aromatic rings. The first kappa shape index (κ1) is 16.3. The SMILES string of the molecule is CCCCC(O[N+](=O)[O-])(c1ccc2ccccc2c1)C(C)C. The van der Waals surface area contributed by atoms with Gasteiger partial charge in [0.1, 0.15) is 5.60 Å². The largest absolute Gasteiger partial charge is 0.302 e. The molecule has 0 fully saturated rings. The maximum atomic E-state index is 11.1. The minimum atomic E-state index is -0.885. The fourth-order valence-corrected chi connectivity index (χ4v) is 3.00. The maximum absolute atomic E-state index is 11.1. The lowest BCUT2D eigenvalue weighted by Gasteiger charge is -2.36. The summed E-state index contributed by atoms with van der Waals surface area (Å²) in [7, 11) is 0. The summed E-state index contributed by atoms with van der Waals surface area (Å²) in [5.41, 5.74) is -0.00450. The molecule has 0 saturated heterocycles. The first-order chi connectivity index (χ1) is 10.5. The van der Waals surface area contributed by atoms with Crippen LogP contribution < -0.4 is 0 Å². The van der Waals surface area contributed by atoms with E-state index >= 15 is 0 Å². The highest BCUT2D eigenvalue weighted by Crippen LogP contribution is 2.39. The first-order valence-electron chi connectivity index (χ1n) is 7.82. The van der Waals surface area contributed by atoms with Crippen molar-refractivity contribution in [1.82, 2.24) is 0 Å². The lowest BCUT2D eigenvalue weighted by molar-refractivity contribution is -0.787. The smallest absolute Gasteiger partial charge is 0.295 e. The van der Waals surface area contributed by atoms with E-state index in [0.717, 1.165) is 29.2 Å². The van der Waals surface area contributed by atoms with E-state index in [4.69, 9.17) is 4.84 Å². The van der Waals surface area contributed by atoms with E-state index in [0.29, 0.717) is 6.42 Å². The molecule has 1 atom stereocenters. The number of nitrogens with zero attached hydrogens (tertiary/aromatic N) is 1. The molecule has 2 rings (SSSR count). The van der Waals surface area contributed by atoms with Crippen molar-refractivity contribution in [2.75, 3.05) is 0 Å². The third-order valence-electron chi connectivity index (χ3n) is 4.31. The fourth-order valence-electron chi connectivity index (χ4n) is 3.00. The molecule has 1 unspecified atom stereocenters. The highest BCUT2D eigenvalue weighted by Gasteiger charge is 2.39. The van der Waals surface area contributed by atoms with E-state index in [1.54, 1.807) is 0 Å². The Hall–Kier alpha value is -2.10. The van der Waals surface area contributed by atoms with E-state index in [9.17, 15) is 10.1 Å². The molecule has 0 saturated carbocycles. The standard InChI is InChI=1S/C18H23NO3/c1-4-5-12-18(14(2)3,22-19(20)21)17-11-10-15-8-6-7-9-16(15)13-17/h6-11,13-14H,4-5,12H2,1-3H3. The van der Waals surface area contributed by atoms with Crippen molar-refractivity contribution in [2.24, 2.45) is 5.92 Å². The van der Waals surface area contributed by atoms with Crippen LogP contribution in [0, 0.1) is 16.0 Å². The van der Waals surface area contributed by atoms with E-state index in [1.165, 1.54) is 0 Å².